The molecule has 3 unspecified atom stereocenters. The molecule has 8 nitrogen and oxygen atoms in total. The van der Waals surface area contributed by atoms with E-state index in [1.165, 1.54) is 6.21 Å². The number of nitriles is 1. The van der Waals surface area contributed by atoms with E-state index in [-0.39, 0.29) is 29.3 Å². The third-order valence-corrected chi connectivity index (χ3v) is 8.08. The van der Waals surface area contributed by atoms with Gasteiger partial charge in [0.2, 0.25) is 0 Å². The van der Waals surface area contributed by atoms with Gasteiger partial charge < -0.3 is 24.4 Å². The van der Waals surface area contributed by atoms with Crippen LogP contribution in [0.2, 0.25) is 0 Å². The van der Waals surface area contributed by atoms with E-state index in [1.807, 2.05) is 24.3 Å². The van der Waals surface area contributed by atoms with Gasteiger partial charge in [0, 0.05) is 17.7 Å². The highest BCUT2D eigenvalue weighted by atomic mass is 16.5. The molecule has 1 aliphatic rings. The molecule has 4 rings (SSSR count). The first-order chi connectivity index (χ1) is 21.8. The third-order valence-electron chi connectivity index (χ3n) is 8.08. The lowest BCUT2D eigenvalue weighted by Gasteiger charge is -2.32. The summed E-state index contributed by atoms with van der Waals surface area (Å²) in [5, 5.41) is 19.3. The van der Waals surface area contributed by atoms with Crippen LogP contribution in [0.3, 0.4) is 0 Å². The Morgan fingerprint density at radius 3 is 2.51 bits per heavy atom. The minimum Gasteiger partial charge on any atom is -0.494 e. The summed E-state index contributed by atoms with van der Waals surface area (Å²) in [4.78, 5) is 24.4. The van der Waals surface area contributed by atoms with Gasteiger partial charge in [-0.1, -0.05) is 31.7 Å². The molecule has 8 heteroatoms. The van der Waals surface area contributed by atoms with Crippen LogP contribution in [0.15, 0.2) is 66.7 Å². The van der Waals surface area contributed by atoms with E-state index in [2.05, 4.69) is 19.6 Å². The van der Waals surface area contributed by atoms with Crippen molar-refractivity contribution in [1.29, 1.82) is 10.7 Å². The van der Waals surface area contributed by atoms with Gasteiger partial charge in [0.15, 0.2) is 0 Å². The quantitative estimate of drug-likeness (QED) is 0.0609. The number of carbonyl (C=O) groups excluding carboxylic acids is 2. The van der Waals surface area contributed by atoms with Crippen LogP contribution >= 0.6 is 0 Å². The number of nitrogens with one attached hydrogen (secondary N) is 1. The molecule has 3 aromatic carbocycles. The number of rotatable bonds is 15. The van der Waals surface area contributed by atoms with Crippen LogP contribution < -0.4 is 9.47 Å². The number of nitrogens with zero attached hydrogens (tertiary/aromatic N) is 1. The van der Waals surface area contributed by atoms with Crippen LogP contribution in [0.25, 0.3) is 10.8 Å². The fourth-order valence-corrected chi connectivity index (χ4v) is 5.46. The Bertz CT molecular complexity index is 1560. The number of fused-ring (bicyclic) bond motifs is 1. The summed E-state index contributed by atoms with van der Waals surface area (Å²) in [5.74, 6) is 0.767. The summed E-state index contributed by atoms with van der Waals surface area (Å²) >= 11 is 0. The maximum atomic E-state index is 13.0. The molecule has 1 aliphatic carbocycles. The molecule has 0 aromatic heterocycles. The Balaban J connectivity index is 1.26. The van der Waals surface area contributed by atoms with Crippen molar-refractivity contribution in [3.05, 3.63) is 83.4 Å². The molecule has 0 radical (unpaired) electrons. The van der Waals surface area contributed by atoms with Crippen LogP contribution in [-0.4, -0.2) is 37.5 Å². The first-order valence-corrected chi connectivity index (χ1v) is 15.6. The number of hydrogen-bond acceptors (Lipinski definition) is 8. The second kappa shape index (κ2) is 16.6. The standard InChI is InChI=1S/C37H42N2O6/c1-25(2)36(40)43-17-7-5-4-6-16-42-33-13-12-28-20-30(11-10-29(28)21-33)37(41)45-35-15-9-27(19-32(35)23-39)24-44-34-14-8-26(3)18-31(34)22-38/h9-13,15,19-22,26,31,34,38H,1,4-8,14,16-18,24H2,2-3H3. The van der Waals surface area contributed by atoms with Gasteiger partial charge in [-0.25, -0.2) is 9.59 Å². The van der Waals surface area contributed by atoms with Crippen LogP contribution in [0.1, 0.15) is 80.3 Å². The maximum Gasteiger partial charge on any atom is 0.343 e. The van der Waals surface area contributed by atoms with Crippen LogP contribution in [0, 0.1) is 28.6 Å². The number of hydrogen-bond donors (Lipinski definition) is 1. The molecular formula is C37H42N2O6. The topological polar surface area (TPSA) is 119 Å². The third kappa shape index (κ3) is 9.75. The summed E-state index contributed by atoms with van der Waals surface area (Å²) < 4.78 is 22.8. The Morgan fingerprint density at radius 1 is 1.00 bits per heavy atom. The number of carbonyl (C=O) groups is 2. The average molecular weight is 611 g/mol. The summed E-state index contributed by atoms with van der Waals surface area (Å²) in [7, 11) is 0. The first-order valence-electron chi connectivity index (χ1n) is 15.6. The fourth-order valence-electron chi connectivity index (χ4n) is 5.46. The second-order valence-electron chi connectivity index (χ2n) is 11.8. The largest absolute Gasteiger partial charge is 0.494 e. The molecular weight excluding hydrogens is 568 g/mol. The Hall–Kier alpha value is -4.48. The van der Waals surface area contributed by atoms with Crippen LogP contribution in [0.4, 0.5) is 0 Å². The van der Waals surface area contributed by atoms with Gasteiger partial charge in [0.25, 0.3) is 0 Å². The smallest absolute Gasteiger partial charge is 0.343 e. The molecule has 3 aromatic rings. The molecule has 0 aliphatic heterocycles. The molecule has 0 saturated heterocycles. The molecule has 1 N–H and O–H groups in total. The van der Waals surface area contributed by atoms with Gasteiger partial charge in [0.05, 0.1) is 37.1 Å². The highest BCUT2D eigenvalue weighted by molar-refractivity contribution is 5.97. The lowest BCUT2D eigenvalue weighted by atomic mass is 9.81. The Labute approximate surface area is 265 Å². The molecule has 236 valence electrons. The minimum absolute atomic E-state index is 0.0000478. The molecule has 0 bridgehead atoms. The van der Waals surface area contributed by atoms with Crippen molar-refractivity contribution in [2.75, 3.05) is 13.2 Å². The minimum atomic E-state index is -0.544. The highest BCUT2D eigenvalue weighted by Crippen LogP contribution is 2.31. The van der Waals surface area contributed by atoms with E-state index in [0.717, 1.165) is 67.0 Å². The molecule has 3 atom stereocenters. The Kier molecular flexibility index (Phi) is 12.3. The van der Waals surface area contributed by atoms with Crippen molar-refractivity contribution < 1.29 is 28.5 Å². The van der Waals surface area contributed by atoms with Crippen LogP contribution in [-0.2, 0) is 20.9 Å². The SMILES string of the molecule is C=C(C)C(=O)OCCCCCCOc1ccc2cc(C(=O)Oc3ccc(COC4CCC(C)CC4C=N)cc3C#N)ccc2c1. The van der Waals surface area contributed by atoms with E-state index in [4.69, 9.17) is 24.4 Å². The number of ether oxygens (including phenoxy) is 4. The highest BCUT2D eigenvalue weighted by Gasteiger charge is 2.28. The maximum absolute atomic E-state index is 13.0. The summed E-state index contributed by atoms with van der Waals surface area (Å²) in [6.45, 7) is 8.73. The molecule has 0 heterocycles. The second-order valence-corrected chi connectivity index (χ2v) is 11.8. The molecule has 0 amide bonds. The van der Waals surface area contributed by atoms with Crippen molar-refractivity contribution >= 4 is 28.9 Å². The zero-order valence-electron chi connectivity index (χ0n) is 26.2. The number of esters is 2. The van der Waals surface area contributed by atoms with Crippen molar-refractivity contribution in [3.63, 3.8) is 0 Å². The van der Waals surface area contributed by atoms with E-state index in [9.17, 15) is 14.9 Å². The molecule has 1 fully saturated rings. The fraction of sp³-hybridized carbons (Fsp3) is 0.405. The van der Waals surface area contributed by atoms with Crippen molar-refractivity contribution in [3.8, 4) is 17.6 Å². The lowest BCUT2D eigenvalue weighted by Crippen LogP contribution is -2.31. The van der Waals surface area contributed by atoms with Crippen molar-refractivity contribution in [2.45, 2.75) is 71.5 Å². The van der Waals surface area contributed by atoms with Gasteiger partial charge in [-0.05, 0) is 111 Å². The zero-order chi connectivity index (χ0) is 32.2. The molecule has 0 spiro atoms. The Morgan fingerprint density at radius 2 is 1.76 bits per heavy atom. The molecule has 45 heavy (non-hydrogen) atoms. The predicted molar refractivity (Wildman–Crippen MR) is 174 cm³/mol. The molecule has 1 saturated carbocycles. The van der Waals surface area contributed by atoms with E-state index in [1.54, 1.807) is 37.3 Å². The van der Waals surface area contributed by atoms with E-state index in [0.29, 0.717) is 36.9 Å². The first kappa shape index (κ1) is 33.4. The number of benzene rings is 3. The zero-order valence-corrected chi connectivity index (χ0v) is 26.2. The predicted octanol–water partition coefficient (Wildman–Crippen LogP) is 7.96. The summed E-state index contributed by atoms with van der Waals surface area (Å²) in [5.41, 5.74) is 1.87. The van der Waals surface area contributed by atoms with E-state index < -0.39 is 5.97 Å². The van der Waals surface area contributed by atoms with Gasteiger partial charge in [0.1, 0.15) is 17.6 Å². The van der Waals surface area contributed by atoms with Crippen molar-refractivity contribution in [2.24, 2.45) is 11.8 Å². The van der Waals surface area contributed by atoms with E-state index >= 15 is 0 Å². The van der Waals surface area contributed by atoms with Crippen LogP contribution in [0.5, 0.6) is 11.5 Å². The van der Waals surface area contributed by atoms with Crippen molar-refractivity contribution in [1.82, 2.24) is 0 Å². The average Bonchev–Trinajstić information content (AvgIpc) is 3.05. The monoisotopic (exact) mass is 610 g/mol. The van der Waals surface area contributed by atoms with Gasteiger partial charge in [-0.15, -0.1) is 0 Å². The summed E-state index contributed by atoms with van der Waals surface area (Å²) in [6.07, 6.45) is 8.06. The normalized spacial score (nSPS) is 17.7. The van der Waals surface area contributed by atoms with Gasteiger partial charge >= 0.3 is 11.9 Å². The lowest BCUT2D eigenvalue weighted by molar-refractivity contribution is -0.139. The van der Waals surface area contributed by atoms with Gasteiger partial charge in [-0.2, -0.15) is 5.26 Å². The number of unbranched alkanes of at least 4 members (excludes halogenated alkanes) is 3. The summed E-state index contributed by atoms with van der Waals surface area (Å²) in [6, 6.07) is 18.3. The van der Waals surface area contributed by atoms with Gasteiger partial charge in [-0.3, -0.25) is 0 Å².